The molecule has 4 rings (SSSR count). The smallest absolute Gasteiger partial charge is 0.245 e. The van der Waals surface area contributed by atoms with Crippen molar-refractivity contribution < 1.29 is 19.1 Å². The Balaban J connectivity index is 1.57. The zero-order valence-corrected chi connectivity index (χ0v) is 16.9. The van der Waals surface area contributed by atoms with E-state index in [-0.39, 0.29) is 29.7 Å². The molecule has 1 aliphatic carbocycles. The Labute approximate surface area is 175 Å². The minimum absolute atomic E-state index is 0.0958. The summed E-state index contributed by atoms with van der Waals surface area (Å²) in [5, 5.41) is 12.0. The van der Waals surface area contributed by atoms with Crippen molar-refractivity contribution in [2.45, 2.75) is 44.2 Å². The van der Waals surface area contributed by atoms with Crippen molar-refractivity contribution in [3.05, 3.63) is 59.9 Å². The van der Waals surface area contributed by atoms with Crippen LogP contribution in [0.25, 0.3) is 11.1 Å². The number of carbonyl (C=O) groups is 2. The van der Waals surface area contributed by atoms with Gasteiger partial charge in [0.05, 0.1) is 12.1 Å². The van der Waals surface area contributed by atoms with Crippen LogP contribution in [0.15, 0.2) is 48.5 Å². The molecular formula is C24H27FN2O3. The number of benzene rings is 2. The maximum Gasteiger partial charge on any atom is 0.245 e. The maximum atomic E-state index is 13.6. The van der Waals surface area contributed by atoms with Gasteiger partial charge in [-0.25, -0.2) is 4.39 Å². The molecule has 0 bridgehead atoms. The Morgan fingerprint density at radius 2 is 1.80 bits per heavy atom. The number of nitrogens with zero attached hydrogens (tertiary/aromatic N) is 1. The lowest BCUT2D eigenvalue weighted by atomic mass is 9.84. The van der Waals surface area contributed by atoms with Crippen LogP contribution in [-0.4, -0.2) is 47.1 Å². The highest BCUT2D eigenvalue weighted by Crippen LogP contribution is 2.32. The molecule has 2 aromatic carbocycles. The van der Waals surface area contributed by atoms with E-state index >= 15 is 0 Å². The van der Waals surface area contributed by atoms with Crippen molar-refractivity contribution in [3.63, 3.8) is 0 Å². The molecule has 2 N–H and O–H groups in total. The van der Waals surface area contributed by atoms with E-state index in [1.807, 2.05) is 35.2 Å². The largest absolute Gasteiger partial charge is 0.387 e. The highest BCUT2D eigenvalue weighted by molar-refractivity contribution is 5.81. The molecule has 0 aromatic heterocycles. The van der Waals surface area contributed by atoms with Crippen molar-refractivity contribution in [1.82, 2.24) is 10.2 Å². The number of amides is 2. The van der Waals surface area contributed by atoms with Crippen LogP contribution in [0.2, 0.25) is 0 Å². The average molecular weight is 410 g/mol. The predicted molar refractivity (Wildman–Crippen MR) is 112 cm³/mol. The van der Waals surface area contributed by atoms with Crippen molar-refractivity contribution in [2.24, 2.45) is 5.92 Å². The van der Waals surface area contributed by atoms with Crippen molar-refractivity contribution in [1.29, 1.82) is 0 Å². The Hall–Kier alpha value is -2.73. The lowest BCUT2D eigenvalue weighted by Gasteiger charge is -2.34. The summed E-state index contributed by atoms with van der Waals surface area (Å²) in [6.07, 6.45) is 4.24. The number of rotatable bonds is 6. The van der Waals surface area contributed by atoms with E-state index in [9.17, 15) is 14.0 Å². The van der Waals surface area contributed by atoms with Gasteiger partial charge in [0.2, 0.25) is 11.8 Å². The molecule has 6 heteroatoms. The molecular weight excluding hydrogens is 383 g/mol. The van der Waals surface area contributed by atoms with Gasteiger partial charge < -0.3 is 15.3 Å². The quantitative estimate of drug-likeness (QED) is 0.769. The maximum absolute atomic E-state index is 13.6. The molecule has 1 saturated carbocycles. The van der Waals surface area contributed by atoms with Gasteiger partial charge in [-0.2, -0.15) is 0 Å². The van der Waals surface area contributed by atoms with E-state index < -0.39 is 12.5 Å². The predicted octanol–water partition coefficient (Wildman–Crippen LogP) is 2.91. The van der Waals surface area contributed by atoms with Gasteiger partial charge in [-0.3, -0.25) is 9.59 Å². The lowest BCUT2D eigenvalue weighted by Crippen LogP contribution is -2.50. The topological polar surface area (TPSA) is 69.6 Å². The van der Waals surface area contributed by atoms with Gasteiger partial charge in [-0.05, 0) is 54.5 Å². The van der Waals surface area contributed by atoms with Crippen LogP contribution in [0.5, 0.6) is 0 Å². The molecule has 30 heavy (non-hydrogen) atoms. The minimum Gasteiger partial charge on any atom is -0.387 e. The number of likely N-dealkylation sites (tertiary alicyclic amines) is 1. The summed E-state index contributed by atoms with van der Waals surface area (Å²) in [4.78, 5) is 26.7. The van der Waals surface area contributed by atoms with E-state index in [1.165, 1.54) is 12.1 Å². The first-order chi connectivity index (χ1) is 14.5. The Kier molecular flexibility index (Phi) is 6.13. The normalized spacial score (nSPS) is 21.3. The SMILES string of the molecule is O=C(CO)N[C@H]1CCN(C(=O)C2CCC2)[C@H]1Cc1cccc(-c2cccc(F)c2)c1. The van der Waals surface area contributed by atoms with Crippen LogP contribution < -0.4 is 5.32 Å². The van der Waals surface area contributed by atoms with E-state index in [1.54, 1.807) is 6.07 Å². The second-order valence-corrected chi connectivity index (χ2v) is 8.26. The number of hydrogen-bond acceptors (Lipinski definition) is 3. The van der Waals surface area contributed by atoms with Gasteiger partial charge in [-0.15, -0.1) is 0 Å². The molecule has 158 valence electrons. The Bertz CT molecular complexity index is 928. The number of nitrogens with one attached hydrogen (secondary N) is 1. The zero-order valence-electron chi connectivity index (χ0n) is 16.9. The number of aliphatic hydroxyl groups excluding tert-OH is 1. The second kappa shape index (κ2) is 8.96. The summed E-state index contributed by atoms with van der Waals surface area (Å²) in [5.41, 5.74) is 2.74. The van der Waals surface area contributed by atoms with E-state index in [2.05, 4.69) is 5.32 Å². The molecule has 2 amide bonds. The summed E-state index contributed by atoms with van der Waals surface area (Å²) in [6, 6.07) is 14.0. The van der Waals surface area contributed by atoms with Crippen LogP contribution in [0, 0.1) is 11.7 Å². The van der Waals surface area contributed by atoms with E-state index in [0.29, 0.717) is 19.4 Å². The first kappa shape index (κ1) is 20.5. The number of carbonyl (C=O) groups excluding carboxylic acids is 2. The van der Waals surface area contributed by atoms with Gasteiger partial charge in [0.25, 0.3) is 0 Å². The average Bonchev–Trinajstić information content (AvgIpc) is 3.09. The van der Waals surface area contributed by atoms with Crippen LogP contribution in [0.4, 0.5) is 4.39 Å². The lowest BCUT2D eigenvalue weighted by molar-refractivity contribution is -0.139. The summed E-state index contributed by atoms with van der Waals surface area (Å²) in [5.74, 6) is -0.430. The second-order valence-electron chi connectivity index (χ2n) is 8.26. The summed E-state index contributed by atoms with van der Waals surface area (Å²) in [6.45, 7) is 0.0504. The number of aliphatic hydroxyl groups is 1. The molecule has 2 atom stereocenters. The van der Waals surface area contributed by atoms with Gasteiger partial charge in [0.15, 0.2) is 0 Å². The van der Waals surface area contributed by atoms with Crippen molar-refractivity contribution >= 4 is 11.8 Å². The van der Waals surface area contributed by atoms with Crippen LogP contribution in [0.3, 0.4) is 0 Å². The molecule has 2 fully saturated rings. The highest BCUT2D eigenvalue weighted by Gasteiger charge is 2.41. The number of halogens is 1. The molecule has 0 spiro atoms. The van der Waals surface area contributed by atoms with Crippen LogP contribution in [-0.2, 0) is 16.0 Å². The first-order valence-corrected chi connectivity index (χ1v) is 10.6. The third-order valence-corrected chi connectivity index (χ3v) is 6.30. The minimum atomic E-state index is -0.561. The fourth-order valence-corrected chi connectivity index (χ4v) is 4.48. The van der Waals surface area contributed by atoms with Crippen molar-refractivity contribution in [3.8, 4) is 11.1 Å². The molecule has 2 aromatic rings. The monoisotopic (exact) mass is 410 g/mol. The third-order valence-electron chi connectivity index (χ3n) is 6.30. The molecule has 2 aliphatic rings. The number of hydrogen-bond donors (Lipinski definition) is 2. The third kappa shape index (κ3) is 4.38. The fourth-order valence-electron chi connectivity index (χ4n) is 4.48. The Morgan fingerprint density at radius 1 is 1.07 bits per heavy atom. The van der Waals surface area contributed by atoms with E-state index in [0.717, 1.165) is 36.0 Å². The van der Waals surface area contributed by atoms with Gasteiger partial charge >= 0.3 is 0 Å². The highest BCUT2D eigenvalue weighted by atomic mass is 19.1. The van der Waals surface area contributed by atoms with Crippen molar-refractivity contribution in [2.75, 3.05) is 13.2 Å². The fraction of sp³-hybridized carbons (Fsp3) is 0.417. The molecule has 5 nitrogen and oxygen atoms in total. The van der Waals surface area contributed by atoms with Crippen LogP contribution >= 0.6 is 0 Å². The first-order valence-electron chi connectivity index (χ1n) is 10.6. The summed E-state index contributed by atoms with van der Waals surface area (Å²) in [7, 11) is 0. The molecule has 0 radical (unpaired) electrons. The molecule has 1 aliphatic heterocycles. The van der Waals surface area contributed by atoms with Gasteiger partial charge in [0.1, 0.15) is 12.4 Å². The van der Waals surface area contributed by atoms with Crippen LogP contribution in [0.1, 0.15) is 31.2 Å². The standard InChI is InChI=1S/C24H27FN2O3/c25-20-9-3-8-19(14-20)18-7-1-4-16(12-18)13-22-21(26-23(29)15-28)10-11-27(22)24(30)17-5-2-6-17/h1,3-4,7-9,12,14,17,21-22,28H,2,5-6,10-11,13,15H2,(H,26,29)/t21-,22-/m0/s1. The molecule has 1 heterocycles. The van der Waals surface area contributed by atoms with Gasteiger partial charge in [-0.1, -0.05) is 42.8 Å². The van der Waals surface area contributed by atoms with E-state index in [4.69, 9.17) is 5.11 Å². The Morgan fingerprint density at radius 3 is 2.47 bits per heavy atom. The summed E-state index contributed by atoms with van der Waals surface area (Å²) >= 11 is 0. The zero-order chi connectivity index (χ0) is 21.1. The molecule has 0 unspecified atom stereocenters. The molecule has 1 saturated heterocycles. The summed E-state index contributed by atoms with van der Waals surface area (Å²) < 4.78 is 13.6. The van der Waals surface area contributed by atoms with Gasteiger partial charge in [0, 0.05) is 12.5 Å².